The van der Waals surface area contributed by atoms with Crippen LogP contribution in [0, 0.1) is 6.92 Å². The molecule has 3 heteroatoms. The van der Waals surface area contributed by atoms with Crippen molar-refractivity contribution in [3.8, 4) is 0 Å². The molecular formula is C11H14O2S. The van der Waals surface area contributed by atoms with Gasteiger partial charge in [-0.25, -0.2) is 4.79 Å². The molecule has 0 aliphatic carbocycles. The number of hydrogen-bond donors (Lipinski definition) is 1. The van der Waals surface area contributed by atoms with Crippen molar-refractivity contribution in [2.24, 2.45) is 0 Å². The van der Waals surface area contributed by atoms with Gasteiger partial charge in [-0.1, -0.05) is 6.92 Å². The Morgan fingerprint density at radius 2 is 2.21 bits per heavy atom. The van der Waals surface area contributed by atoms with E-state index in [-0.39, 0.29) is 0 Å². The minimum absolute atomic E-state index is 0.503. The van der Waals surface area contributed by atoms with Crippen molar-refractivity contribution in [3.05, 3.63) is 27.5 Å². The van der Waals surface area contributed by atoms with Gasteiger partial charge < -0.3 is 5.11 Å². The van der Waals surface area contributed by atoms with E-state index in [2.05, 4.69) is 0 Å². The summed E-state index contributed by atoms with van der Waals surface area (Å²) in [6.07, 6.45) is 0.566. The number of carboxylic acids is 1. The molecule has 0 spiro atoms. The van der Waals surface area contributed by atoms with Crippen molar-refractivity contribution in [2.45, 2.75) is 27.2 Å². The number of aryl methyl sites for hydroxylation is 1. The normalized spacial score (nSPS) is 12.5. The van der Waals surface area contributed by atoms with Gasteiger partial charge in [0.2, 0.25) is 0 Å². The van der Waals surface area contributed by atoms with E-state index in [1.165, 1.54) is 4.88 Å². The Labute approximate surface area is 87.9 Å². The molecular weight excluding hydrogens is 196 g/mol. The SMILES string of the molecule is CC/C(C(=O)O)=C(\C)c1csc(C)c1. The first-order chi connectivity index (χ1) is 6.56. The molecule has 0 unspecified atom stereocenters. The summed E-state index contributed by atoms with van der Waals surface area (Å²) in [4.78, 5) is 12.1. The van der Waals surface area contributed by atoms with E-state index in [0.29, 0.717) is 12.0 Å². The van der Waals surface area contributed by atoms with Gasteiger partial charge in [-0.15, -0.1) is 11.3 Å². The molecule has 0 saturated heterocycles. The van der Waals surface area contributed by atoms with Crippen LogP contribution in [0.15, 0.2) is 17.0 Å². The molecule has 0 aromatic carbocycles. The van der Waals surface area contributed by atoms with E-state index in [1.807, 2.05) is 32.2 Å². The Kier molecular flexibility index (Phi) is 3.47. The van der Waals surface area contributed by atoms with Crippen LogP contribution in [0.25, 0.3) is 5.57 Å². The van der Waals surface area contributed by atoms with Crippen LogP contribution in [0.1, 0.15) is 30.7 Å². The minimum atomic E-state index is -0.811. The molecule has 1 N–H and O–H groups in total. The van der Waals surface area contributed by atoms with Gasteiger partial charge in [0.1, 0.15) is 0 Å². The molecule has 1 rings (SSSR count). The molecule has 1 aromatic heterocycles. The van der Waals surface area contributed by atoms with Crippen LogP contribution < -0.4 is 0 Å². The van der Waals surface area contributed by atoms with Gasteiger partial charge in [0.25, 0.3) is 0 Å². The molecule has 0 radical (unpaired) electrons. The summed E-state index contributed by atoms with van der Waals surface area (Å²) in [5.41, 5.74) is 2.42. The predicted octanol–water partition coefficient (Wildman–Crippen LogP) is 3.32. The fraction of sp³-hybridized carbons (Fsp3) is 0.364. The first-order valence-corrected chi connectivity index (χ1v) is 5.42. The maximum absolute atomic E-state index is 10.9. The second kappa shape index (κ2) is 4.42. The Morgan fingerprint density at radius 3 is 2.57 bits per heavy atom. The van der Waals surface area contributed by atoms with Crippen molar-refractivity contribution in [2.75, 3.05) is 0 Å². The van der Waals surface area contributed by atoms with Crippen LogP contribution in [-0.4, -0.2) is 11.1 Å². The summed E-state index contributed by atoms with van der Waals surface area (Å²) in [7, 11) is 0. The van der Waals surface area contributed by atoms with Gasteiger partial charge in [0, 0.05) is 10.5 Å². The molecule has 0 fully saturated rings. The van der Waals surface area contributed by atoms with Crippen molar-refractivity contribution < 1.29 is 9.90 Å². The number of thiophene rings is 1. The average Bonchev–Trinajstić information content (AvgIpc) is 2.52. The highest BCUT2D eigenvalue weighted by molar-refractivity contribution is 7.10. The second-order valence-electron chi connectivity index (χ2n) is 3.21. The Hall–Kier alpha value is -1.09. The van der Waals surface area contributed by atoms with Gasteiger partial charge in [0.05, 0.1) is 0 Å². The number of carbonyl (C=O) groups is 1. The number of hydrogen-bond acceptors (Lipinski definition) is 2. The van der Waals surface area contributed by atoms with E-state index < -0.39 is 5.97 Å². The number of allylic oxidation sites excluding steroid dienone is 1. The summed E-state index contributed by atoms with van der Waals surface area (Å²) in [5.74, 6) is -0.811. The van der Waals surface area contributed by atoms with E-state index in [9.17, 15) is 4.79 Å². The van der Waals surface area contributed by atoms with Crippen LogP contribution in [0.3, 0.4) is 0 Å². The molecule has 1 heterocycles. The van der Waals surface area contributed by atoms with Crippen LogP contribution in [0.4, 0.5) is 0 Å². The molecule has 2 nitrogen and oxygen atoms in total. The summed E-state index contributed by atoms with van der Waals surface area (Å²) >= 11 is 1.65. The van der Waals surface area contributed by atoms with Crippen molar-refractivity contribution in [1.29, 1.82) is 0 Å². The lowest BCUT2D eigenvalue weighted by molar-refractivity contribution is -0.132. The van der Waals surface area contributed by atoms with Crippen molar-refractivity contribution in [3.63, 3.8) is 0 Å². The largest absolute Gasteiger partial charge is 0.478 e. The van der Waals surface area contributed by atoms with Gasteiger partial charge >= 0.3 is 5.97 Å². The third-order valence-corrected chi connectivity index (χ3v) is 3.09. The highest BCUT2D eigenvalue weighted by Gasteiger charge is 2.10. The van der Waals surface area contributed by atoms with Gasteiger partial charge in [0.15, 0.2) is 0 Å². The molecule has 14 heavy (non-hydrogen) atoms. The molecule has 0 atom stereocenters. The molecule has 0 saturated carbocycles. The van der Waals surface area contributed by atoms with Gasteiger partial charge in [-0.05, 0) is 42.9 Å². The molecule has 0 amide bonds. The third kappa shape index (κ3) is 2.23. The zero-order valence-corrected chi connectivity index (χ0v) is 9.44. The molecule has 0 bridgehead atoms. The van der Waals surface area contributed by atoms with Gasteiger partial charge in [-0.3, -0.25) is 0 Å². The Balaban J connectivity index is 3.13. The second-order valence-corrected chi connectivity index (χ2v) is 4.32. The fourth-order valence-electron chi connectivity index (χ4n) is 1.39. The molecule has 76 valence electrons. The topological polar surface area (TPSA) is 37.3 Å². The van der Waals surface area contributed by atoms with E-state index >= 15 is 0 Å². The quantitative estimate of drug-likeness (QED) is 0.777. The van der Waals surface area contributed by atoms with Crippen LogP contribution in [0.5, 0.6) is 0 Å². The molecule has 0 aliphatic heterocycles. The van der Waals surface area contributed by atoms with E-state index in [0.717, 1.165) is 11.1 Å². The summed E-state index contributed by atoms with van der Waals surface area (Å²) in [6, 6.07) is 2.03. The summed E-state index contributed by atoms with van der Waals surface area (Å²) in [5, 5.41) is 11.0. The monoisotopic (exact) mass is 210 g/mol. The zero-order valence-electron chi connectivity index (χ0n) is 8.63. The lowest BCUT2D eigenvalue weighted by Gasteiger charge is -2.03. The molecule has 0 aliphatic rings. The Bertz CT molecular complexity index is 374. The average molecular weight is 210 g/mol. The first-order valence-electron chi connectivity index (χ1n) is 4.54. The minimum Gasteiger partial charge on any atom is -0.478 e. The molecule has 1 aromatic rings. The standard InChI is InChI=1S/C11H14O2S/c1-4-10(11(12)13)8(3)9-5-7(2)14-6-9/h5-6H,4H2,1-3H3,(H,12,13)/b10-8-. The summed E-state index contributed by atoms with van der Waals surface area (Å²) < 4.78 is 0. The lowest BCUT2D eigenvalue weighted by atomic mass is 10.0. The van der Waals surface area contributed by atoms with Crippen molar-refractivity contribution in [1.82, 2.24) is 0 Å². The maximum atomic E-state index is 10.9. The van der Waals surface area contributed by atoms with Gasteiger partial charge in [-0.2, -0.15) is 0 Å². The number of rotatable bonds is 3. The number of aliphatic carboxylic acids is 1. The van der Waals surface area contributed by atoms with Crippen LogP contribution >= 0.6 is 11.3 Å². The smallest absolute Gasteiger partial charge is 0.331 e. The first kappa shape index (κ1) is 11.0. The highest BCUT2D eigenvalue weighted by Crippen LogP contribution is 2.25. The van der Waals surface area contributed by atoms with Crippen molar-refractivity contribution >= 4 is 22.9 Å². The summed E-state index contributed by atoms with van der Waals surface area (Å²) in [6.45, 7) is 5.76. The zero-order chi connectivity index (χ0) is 10.7. The van der Waals surface area contributed by atoms with Crippen LogP contribution in [0.2, 0.25) is 0 Å². The fourth-order valence-corrected chi connectivity index (χ4v) is 2.14. The number of carboxylic acid groups (broad SMARTS) is 1. The van der Waals surface area contributed by atoms with E-state index in [1.54, 1.807) is 11.3 Å². The lowest BCUT2D eigenvalue weighted by Crippen LogP contribution is -2.01. The predicted molar refractivity (Wildman–Crippen MR) is 59.6 cm³/mol. The van der Waals surface area contributed by atoms with E-state index in [4.69, 9.17) is 5.11 Å². The highest BCUT2D eigenvalue weighted by atomic mass is 32.1. The van der Waals surface area contributed by atoms with Crippen LogP contribution in [-0.2, 0) is 4.79 Å². The maximum Gasteiger partial charge on any atom is 0.331 e. The third-order valence-electron chi connectivity index (χ3n) is 2.23. The Morgan fingerprint density at radius 1 is 1.57 bits per heavy atom.